The van der Waals surface area contributed by atoms with Crippen molar-refractivity contribution in [3.8, 4) is 0 Å². The van der Waals surface area contributed by atoms with Crippen LogP contribution in [0.3, 0.4) is 0 Å². The molecule has 1 aromatic rings. The van der Waals surface area contributed by atoms with Crippen LogP contribution in [-0.2, 0) is 5.54 Å². The lowest BCUT2D eigenvalue weighted by atomic mass is 10.00. The van der Waals surface area contributed by atoms with Gasteiger partial charge in [0.25, 0.3) is 0 Å². The molecule has 1 unspecified atom stereocenters. The summed E-state index contributed by atoms with van der Waals surface area (Å²) in [4.78, 5) is 0. The van der Waals surface area contributed by atoms with Gasteiger partial charge in [-0.25, -0.2) is 4.68 Å². The average Bonchev–Trinajstić information content (AvgIpc) is 2.48. The van der Waals surface area contributed by atoms with E-state index in [-0.39, 0.29) is 13.2 Å². The molecule has 6 heteroatoms. The molecule has 0 saturated carbocycles. The highest BCUT2D eigenvalue weighted by molar-refractivity contribution is 5.57. The van der Waals surface area contributed by atoms with Gasteiger partial charge < -0.3 is 21.7 Å². The first kappa shape index (κ1) is 10.8. The van der Waals surface area contributed by atoms with Crippen LogP contribution in [0.1, 0.15) is 13.3 Å². The summed E-state index contributed by atoms with van der Waals surface area (Å²) < 4.78 is 1.44. The van der Waals surface area contributed by atoms with E-state index in [4.69, 9.17) is 16.6 Å². The van der Waals surface area contributed by atoms with E-state index in [0.717, 1.165) is 0 Å². The maximum absolute atomic E-state index is 9.24. The Bertz CT molecular complexity index is 312. The zero-order chi connectivity index (χ0) is 10.8. The molecule has 0 amide bonds. The number of aliphatic hydroxyl groups excluding tert-OH is 2. The van der Waals surface area contributed by atoms with Crippen LogP contribution in [0, 0.1) is 0 Å². The minimum atomic E-state index is -0.698. The van der Waals surface area contributed by atoms with Crippen LogP contribution in [-0.4, -0.2) is 33.2 Å². The second kappa shape index (κ2) is 3.85. The summed E-state index contributed by atoms with van der Waals surface area (Å²) in [5.74, 6) is 0.315. The van der Waals surface area contributed by atoms with Gasteiger partial charge in [-0.3, -0.25) is 0 Å². The van der Waals surface area contributed by atoms with Gasteiger partial charge in [0.1, 0.15) is 5.82 Å². The lowest BCUT2D eigenvalue weighted by Crippen LogP contribution is -2.37. The predicted octanol–water partition coefficient (Wildman–Crippen LogP) is -0.863. The van der Waals surface area contributed by atoms with E-state index in [9.17, 15) is 5.11 Å². The number of anilines is 2. The molecule has 0 aliphatic carbocycles. The minimum absolute atomic E-state index is 0.0454. The molecule has 80 valence electrons. The van der Waals surface area contributed by atoms with Crippen molar-refractivity contribution >= 4 is 11.5 Å². The molecule has 0 aliphatic rings. The van der Waals surface area contributed by atoms with Crippen molar-refractivity contribution in [2.75, 3.05) is 24.7 Å². The van der Waals surface area contributed by atoms with Crippen molar-refractivity contribution in [1.82, 2.24) is 9.78 Å². The molecule has 1 aromatic heterocycles. The molecular weight excluding hydrogens is 184 g/mol. The third-order valence-corrected chi connectivity index (χ3v) is 2.34. The number of aromatic nitrogens is 2. The van der Waals surface area contributed by atoms with E-state index >= 15 is 0 Å². The van der Waals surface area contributed by atoms with Gasteiger partial charge in [0.05, 0.1) is 24.0 Å². The highest BCUT2D eigenvalue weighted by Gasteiger charge is 2.28. The zero-order valence-electron chi connectivity index (χ0n) is 8.14. The molecular formula is C8H16N4O2. The SMILES string of the molecule is CC(CO)(CCO)n1ncc(N)c1N. The van der Waals surface area contributed by atoms with Gasteiger partial charge >= 0.3 is 0 Å². The molecule has 1 rings (SSSR count). The third-order valence-electron chi connectivity index (χ3n) is 2.34. The van der Waals surface area contributed by atoms with E-state index in [2.05, 4.69) is 5.10 Å². The van der Waals surface area contributed by atoms with E-state index < -0.39 is 5.54 Å². The van der Waals surface area contributed by atoms with Gasteiger partial charge in [-0.2, -0.15) is 5.10 Å². The molecule has 0 saturated heterocycles. The fourth-order valence-electron chi connectivity index (χ4n) is 1.29. The number of hydrogen-bond acceptors (Lipinski definition) is 5. The molecule has 6 nitrogen and oxygen atoms in total. The lowest BCUT2D eigenvalue weighted by Gasteiger charge is -2.28. The van der Waals surface area contributed by atoms with Gasteiger partial charge in [0.15, 0.2) is 0 Å². The summed E-state index contributed by atoms with van der Waals surface area (Å²) in [6, 6.07) is 0. The van der Waals surface area contributed by atoms with Crippen LogP contribution in [0.2, 0.25) is 0 Å². The topological polar surface area (TPSA) is 110 Å². The standard InChI is InChI=1S/C8H16N4O2/c1-8(5-14,2-3-13)12-7(10)6(9)4-11-12/h4,13-14H,2-3,5,9-10H2,1H3. The van der Waals surface area contributed by atoms with E-state index in [0.29, 0.717) is 17.9 Å². The first-order chi connectivity index (χ1) is 6.55. The van der Waals surface area contributed by atoms with Crippen molar-refractivity contribution in [1.29, 1.82) is 0 Å². The third kappa shape index (κ3) is 1.66. The van der Waals surface area contributed by atoms with Crippen molar-refractivity contribution < 1.29 is 10.2 Å². The molecule has 0 bridgehead atoms. The Morgan fingerprint density at radius 1 is 1.50 bits per heavy atom. The maximum Gasteiger partial charge on any atom is 0.145 e. The molecule has 0 aliphatic heterocycles. The van der Waals surface area contributed by atoms with Crippen molar-refractivity contribution in [3.05, 3.63) is 6.20 Å². The fraction of sp³-hybridized carbons (Fsp3) is 0.625. The smallest absolute Gasteiger partial charge is 0.145 e. The van der Waals surface area contributed by atoms with E-state index in [1.165, 1.54) is 10.9 Å². The van der Waals surface area contributed by atoms with Crippen LogP contribution < -0.4 is 11.5 Å². The molecule has 0 aromatic carbocycles. The zero-order valence-corrected chi connectivity index (χ0v) is 8.14. The average molecular weight is 200 g/mol. The summed E-state index contributed by atoms with van der Waals surface area (Å²) in [6.07, 6.45) is 1.80. The van der Waals surface area contributed by atoms with Gasteiger partial charge in [0, 0.05) is 6.61 Å². The molecule has 0 fully saturated rings. The summed E-state index contributed by atoms with van der Waals surface area (Å²) in [6.45, 7) is 1.56. The Morgan fingerprint density at radius 3 is 2.50 bits per heavy atom. The number of nitrogens with two attached hydrogens (primary N) is 2. The number of nitrogens with zero attached hydrogens (tertiary/aromatic N) is 2. The summed E-state index contributed by atoms with van der Waals surface area (Å²) >= 11 is 0. The Morgan fingerprint density at radius 2 is 2.14 bits per heavy atom. The number of aliphatic hydroxyl groups is 2. The largest absolute Gasteiger partial charge is 0.396 e. The maximum atomic E-state index is 9.24. The summed E-state index contributed by atoms with van der Waals surface area (Å²) in [7, 11) is 0. The molecule has 1 heterocycles. The van der Waals surface area contributed by atoms with E-state index in [1.807, 2.05) is 0 Å². The number of nitrogen functional groups attached to an aromatic ring is 2. The molecule has 1 atom stereocenters. The lowest BCUT2D eigenvalue weighted by molar-refractivity contribution is 0.104. The minimum Gasteiger partial charge on any atom is -0.396 e. The number of rotatable bonds is 4. The molecule has 6 N–H and O–H groups in total. The predicted molar refractivity (Wildman–Crippen MR) is 53.5 cm³/mol. The van der Waals surface area contributed by atoms with Gasteiger partial charge in [-0.1, -0.05) is 0 Å². The molecule has 0 radical (unpaired) electrons. The van der Waals surface area contributed by atoms with E-state index in [1.54, 1.807) is 6.92 Å². The Balaban J connectivity index is 3.05. The van der Waals surface area contributed by atoms with Crippen molar-refractivity contribution in [3.63, 3.8) is 0 Å². The van der Waals surface area contributed by atoms with Crippen LogP contribution in [0.25, 0.3) is 0 Å². The van der Waals surface area contributed by atoms with Crippen LogP contribution in [0.5, 0.6) is 0 Å². The number of hydrogen-bond donors (Lipinski definition) is 4. The Kier molecular flexibility index (Phi) is 2.97. The van der Waals surface area contributed by atoms with Crippen LogP contribution in [0.15, 0.2) is 6.20 Å². The highest BCUT2D eigenvalue weighted by atomic mass is 16.3. The van der Waals surface area contributed by atoms with Crippen molar-refractivity contribution in [2.45, 2.75) is 18.9 Å². The quantitative estimate of drug-likeness (QED) is 0.505. The van der Waals surface area contributed by atoms with Crippen LogP contribution >= 0.6 is 0 Å². The second-order valence-electron chi connectivity index (χ2n) is 3.53. The first-order valence-electron chi connectivity index (χ1n) is 4.36. The normalized spacial score (nSPS) is 15.4. The summed E-state index contributed by atoms with van der Waals surface area (Å²) in [5.41, 5.74) is 10.9. The van der Waals surface area contributed by atoms with Gasteiger partial charge in [-0.05, 0) is 13.3 Å². The summed E-state index contributed by atoms with van der Waals surface area (Å²) in [5, 5.41) is 22.1. The van der Waals surface area contributed by atoms with Gasteiger partial charge in [-0.15, -0.1) is 0 Å². The van der Waals surface area contributed by atoms with Crippen LogP contribution in [0.4, 0.5) is 11.5 Å². The second-order valence-corrected chi connectivity index (χ2v) is 3.53. The monoisotopic (exact) mass is 200 g/mol. The Labute approximate surface area is 82.1 Å². The van der Waals surface area contributed by atoms with Gasteiger partial charge in [0.2, 0.25) is 0 Å². The van der Waals surface area contributed by atoms with Crippen molar-refractivity contribution in [2.24, 2.45) is 0 Å². The first-order valence-corrected chi connectivity index (χ1v) is 4.36. The molecule has 14 heavy (non-hydrogen) atoms. The highest BCUT2D eigenvalue weighted by Crippen LogP contribution is 2.25. The molecule has 0 spiro atoms. The Hall–Kier alpha value is -1.27. The fourth-order valence-corrected chi connectivity index (χ4v) is 1.29.